The number of carbonyl (C=O) groups is 3. The molecule has 86 valence electrons. The van der Waals surface area contributed by atoms with Crippen molar-refractivity contribution >= 4 is 17.9 Å². The molecule has 0 spiro atoms. The number of urea groups is 1. The fourth-order valence-corrected chi connectivity index (χ4v) is 0.773. The summed E-state index contributed by atoms with van der Waals surface area (Å²) in [5.41, 5.74) is 0. The number of amides is 3. The van der Waals surface area contributed by atoms with Crippen molar-refractivity contribution in [1.29, 1.82) is 0 Å². The minimum Gasteiger partial charge on any atom is -0.481 e. The van der Waals surface area contributed by atoms with Crippen LogP contribution < -0.4 is 16.0 Å². The Morgan fingerprint density at radius 1 is 1.27 bits per heavy atom. The summed E-state index contributed by atoms with van der Waals surface area (Å²) in [5, 5.41) is 15.3. The van der Waals surface area contributed by atoms with Gasteiger partial charge in [0.2, 0.25) is 5.91 Å². The number of carboxylic acids is 1. The Balaban J connectivity index is 3.49. The molecule has 0 aliphatic carbocycles. The van der Waals surface area contributed by atoms with E-state index < -0.39 is 17.9 Å². The third kappa shape index (κ3) is 8.69. The molecule has 0 bridgehead atoms. The highest BCUT2D eigenvalue weighted by Gasteiger charge is 2.05. The zero-order valence-electron chi connectivity index (χ0n) is 8.50. The van der Waals surface area contributed by atoms with Gasteiger partial charge in [-0.05, 0) is 6.92 Å². The van der Waals surface area contributed by atoms with E-state index in [4.69, 9.17) is 5.11 Å². The van der Waals surface area contributed by atoms with Crippen LogP contribution in [0.2, 0.25) is 0 Å². The van der Waals surface area contributed by atoms with E-state index in [2.05, 4.69) is 16.0 Å². The van der Waals surface area contributed by atoms with Gasteiger partial charge in [0.1, 0.15) is 0 Å². The van der Waals surface area contributed by atoms with Crippen molar-refractivity contribution in [2.45, 2.75) is 13.3 Å². The van der Waals surface area contributed by atoms with Crippen LogP contribution in [0.4, 0.5) is 4.79 Å². The van der Waals surface area contributed by atoms with Crippen LogP contribution in [-0.2, 0) is 9.59 Å². The van der Waals surface area contributed by atoms with E-state index in [1.54, 1.807) is 6.92 Å². The van der Waals surface area contributed by atoms with Crippen molar-refractivity contribution in [3.05, 3.63) is 0 Å². The Kier molecular flexibility index (Phi) is 6.90. The van der Waals surface area contributed by atoms with Crippen LogP contribution in [0.1, 0.15) is 13.3 Å². The number of rotatable bonds is 6. The first kappa shape index (κ1) is 13.4. The van der Waals surface area contributed by atoms with Gasteiger partial charge in [0.05, 0.1) is 13.0 Å². The van der Waals surface area contributed by atoms with Crippen LogP contribution in [0.3, 0.4) is 0 Å². The smallest absolute Gasteiger partial charge is 0.321 e. The van der Waals surface area contributed by atoms with Crippen molar-refractivity contribution in [2.75, 3.05) is 19.6 Å². The molecule has 0 radical (unpaired) electrons. The summed E-state index contributed by atoms with van der Waals surface area (Å²) in [4.78, 5) is 31.9. The van der Waals surface area contributed by atoms with E-state index in [9.17, 15) is 14.4 Å². The largest absolute Gasteiger partial charge is 0.481 e. The van der Waals surface area contributed by atoms with Crippen LogP contribution in [0.25, 0.3) is 0 Å². The molecule has 0 aliphatic rings. The van der Waals surface area contributed by atoms with Crippen molar-refractivity contribution in [2.24, 2.45) is 0 Å². The van der Waals surface area contributed by atoms with E-state index in [0.717, 1.165) is 0 Å². The van der Waals surface area contributed by atoms with Crippen LogP contribution in [0.15, 0.2) is 0 Å². The monoisotopic (exact) mass is 217 g/mol. The topological polar surface area (TPSA) is 108 Å². The highest BCUT2D eigenvalue weighted by atomic mass is 16.4. The van der Waals surface area contributed by atoms with Gasteiger partial charge >= 0.3 is 12.0 Å². The summed E-state index contributed by atoms with van der Waals surface area (Å²) < 4.78 is 0. The highest BCUT2D eigenvalue weighted by Crippen LogP contribution is 1.75. The maximum atomic E-state index is 11.0. The molecule has 4 N–H and O–H groups in total. The third-order valence-electron chi connectivity index (χ3n) is 1.39. The van der Waals surface area contributed by atoms with Crippen LogP contribution in [0, 0.1) is 0 Å². The number of hydrogen-bond donors (Lipinski definition) is 4. The highest BCUT2D eigenvalue weighted by molar-refractivity contribution is 5.95. The van der Waals surface area contributed by atoms with Gasteiger partial charge in [-0.15, -0.1) is 0 Å². The summed E-state index contributed by atoms with van der Waals surface area (Å²) in [6.45, 7) is 2.28. The van der Waals surface area contributed by atoms with E-state index in [-0.39, 0.29) is 19.5 Å². The van der Waals surface area contributed by atoms with Crippen molar-refractivity contribution < 1.29 is 19.5 Å². The SMILES string of the molecule is CCNC(=O)NC(=O)CNCCC(=O)O. The standard InChI is InChI=1S/C8H15N3O4/c1-2-10-8(15)11-6(12)5-9-4-3-7(13)14/h9H,2-5H2,1H3,(H,13,14)(H2,10,11,12,15). The molecule has 7 heteroatoms. The summed E-state index contributed by atoms with van der Waals surface area (Å²) >= 11 is 0. The molecule has 0 saturated heterocycles. The molecule has 0 aromatic carbocycles. The molecule has 15 heavy (non-hydrogen) atoms. The van der Waals surface area contributed by atoms with Gasteiger partial charge in [-0.1, -0.05) is 0 Å². The first-order valence-corrected chi connectivity index (χ1v) is 4.56. The number of aliphatic carboxylic acids is 1. The Hall–Kier alpha value is -1.63. The van der Waals surface area contributed by atoms with E-state index in [1.807, 2.05) is 0 Å². The normalized spacial score (nSPS) is 9.40. The van der Waals surface area contributed by atoms with Gasteiger partial charge in [-0.25, -0.2) is 4.79 Å². The van der Waals surface area contributed by atoms with Crippen LogP contribution in [-0.4, -0.2) is 42.6 Å². The molecule has 0 fully saturated rings. The number of carbonyl (C=O) groups excluding carboxylic acids is 2. The lowest BCUT2D eigenvalue weighted by atomic mass is 10.4. The van der Waals surface area contributed by atoms with Gasteiger partial charge in [-0.3, -0.25) is 14.9 Å². The number of nitrogens with one attached hydrogen (secondary N) is 3. The molecule has 0 rings (SSSR count). The molecule has 0 unspecified atom stereocenters. The molecule has 0 atom stereocenters. The molecule has 0 aliphatic heterocycles. The first-order chi connectivity index (χ1) is 7.06. The average molecular weight is 217 g/mol. The van der Waals surface area contributed by atoms with E-state index in [1.165, 1.54) is 0 Å². The average Bonchev–Trinajstić information content (AvgIpc) is 2.12. The van der Waals surface area contributed by atoms with E-state index in [0.29, 0.717) is 6.54 Å². The zero-order chi connectivity index (χ0) is 11.7. The predicted octanol–water partition coefficient (Wildman–Crippen LogP) is -1.10. The maximum absolute atomic E-state index is 11.0. The van der Waals surface area contributed by atoms with Gasteiger partial charge in [0.25, 0.3) is 0 Å². The molecule has 3 amide bonds. The van der Waals surface area contributed by atoms with Gasteiger partial charge < -0.3 is 15.7 Å². The van der Waals surface area contributed by atoms with Gasteiger partial charge in [0, 0.05) is 13.1 Å². The molecule has 7 nitrogen and oxygen atoms in total. The summed E-state index contributed by atoms with van der Waals surface area (Å²) in [5.74, 6) is -1.43. The quantitative estimate of drug-likeness (QED) is 0.422. The number of imide groups is 1. The molecule has 0 aromatic rings. The summed E-state index contributed by atoms with van der Waals surface area (Å²) in [6.07, 6.45) is -0.0611. The second kappa shape index (κ2) is 7.74. The summed E-state index contributed by atoms with van der Waals surface area (Å²) in [7, 11) is 0. The first-order valence-electron chi connectivity index (χ1n) is 4.56. The van der Waals surface area contributed by atoms with E-state index >= 15 is 0 Å². The lowest BCUT2D eigenvalue weighted by molar-refractivity contribution is -0.137. The zero-order valence-corrected chi connectivity index (χ0v) is 8.50. The molecular formula is C8H15N3O4. The molecule has 0 aromatic heterocycles. The lowest BCUT2D eigenvalue weighted by Gasteiger charge is -2.05. The Bertz CT molecular complexity index is 242. The predicted molar refractivity (Wildman–Crippen MR) is 52.3 cm³/mol. The lowest BCUT2D eigenvalue weighted by Crippen LogP contribution is -2.43. The Morgan fingerprint density at radius 3 is 2.47 bits per heavy atom. The van der Waals surface area contributed by atoms with Gasteiger partial charge in [0.15, 0.2) is 0 Å². The maximum Gasteiger partial charge on any atom is 0.321 e. The Labute approximate surface area is 87.2 Å². The molecule has 0 saturated carbocycles. The second-order valence-corrected chi connectivity index (χ2v) is 2.73. The molecule has 0 heterocycles. The third-order valence-corrected chi connectivity index (χ3v) is 1.39. The van der Waals surface area contributed by atoms with Crippen LogP contribution in [0.5, 0.6) is 0 Å². The van der Waals surface area contributed by atoms with Crippen molar-refractivity contribution in [1.82, 2.24) is 16.0 Å². The molecular weight excluding hydrogens is 202 g/mol. The summed E-state index contributed by atoms with van der Waals surface area (Å²) in [6, 6.07) is -0.553. The second-order valence-electron chi connectivity index (χ2n) is 2.73. The number of carboxylic acid groups (broad SMARTS) is 1. The fraction of sp³-hybridized carbons (Fsp3) is 0.625. The number of hydrogen-bond acceptors (Lipinski definition) is 4. The fourth-order valence-electron chi connectivity index (χ4n) is 0.773. The van der Waals surface area contributed by atoms with Crippen LogP contribution >= 0.6 is 0 Å². The Morgan fingerprint density at radius 2 is 1.93 bits per heavy atom. The minimum absolute atomic E-state index is 0.0611. The van der Waals surface area contributed by atoms with Gasteiger partial charge in [-0.2, -0.15) is 0 Å². The van der Waals surface area contributed by atoms with Crippen molar-refractivity contribution in [3.63, 3.8) is 0 Å². The minimum atomic E-state index is -0.938. The van der Waals surface area contributed by atoms with Crippen molar-refractivity contribution in [3.8, 4) is 0 Å².